The summed E-state index contributed by atoms with van der Waals surface area (Å²) in [6.45, 7) is 0.719. The molecule has 2 nitrogen and oxygen atoms in total. The molecule has 106 valence electrons. The fourth-order valence-corrected chi connectivity index (χ4v) is 2.86. The van der Waals surface area contributed by atoms with E-state index in [1.54, 1.807) is 7.11 Å². The number of fused-ring (bicyclic) bond motifs is 1. The zero-order chi connectivity index (χ0) is 14.7. The van der Waals surface area contributed by atoms with Crippen LogP contribution in [-0.4, -0.2) is 7.11 Å². The normalized spacial score (nSPS) is 10.6. The lowest BCUT2D eigenvalue weighted by Gasteiger charge is -2.13. The summed E-state index contributed by atoms with van der Waals surface area (Å²) in [5.74, 6) is 0.894. The highest BCUT2D eigenvalue weighted by Crippen LogP contribution is 2.26. The van der Waals surface area contributed by atoms with E-state index in [2.05, 4.69) is 69.8 Å². The van der Waals surface area contributed by atoms with Crippen LogP contribution in [0.4, 0.5) is 5.69 Å². The molecule has 0 aromatic heterocycles. The minimum absolute atomic E-state index is 0.719. The van der Waals surface area contributed by atoms with Gasteiger partial charge in [0.25, 0.3) is 0 Å². The Kier molecular flexibility index (Phi) is 4.11. The van der Waals surface area contributed by atoms with Gasteiger partial charge in [-0.1, -0.05) is 52.3 Å². The van der Waals surface area contributed by atoms with Gasteiger partial charge in [-0.25, -0.2) is 0 Å². The highest BCUT2D eigenvalue weighted by Gasteiger charge is 2.05. The van der Waals surface area contributed by atoms with Crippen molar-refractivity contribution in [1.82, 2.24) is 0 Å². The van der Waals surface area contributed by atoms with Gasteiger partial charge in [-0.05, 0) is 29.7 Å². The number of hydrogen-bond acceptors (Lipinski definition) is 2. The van der Waals surface area contributed by atoms with E-state index >= 15 is 0 Å². The zero-order valence-electron chi connectivity index (χ0n) is 11.8. The largest absolute Gasteiger partial charge is 0.496 e. The summed E-state index contributed by atoms with van der Waals surface area (Å²) in [4.78, 5) is 0. The summed E-state index contributed by atoms with van der Waals surface area (Å²) < 4.78 is 6.47. The second-order valence-corrected chi connectivity index (χ2v) is 5.75. The summed E-state index contributed by atoms with van der Waals surface area (Å²) >= 11 is 3.51. The second kappa shape index (κ2) is 6.19. The molecule has 0 aliphatic rings. The van der Waals surface area contributed by atoms with Crippen LogP contribution in [0.2, 0.25) is 0 Å². The van der Waals surface area contributed by atoms with Crippen molar-refractivity contribution in [1.29, 1.82) is 0 Å². The van der Waals surface area contributed by atoms with E-state index in [-0.39, 0.29) is 0 Å². The van der Waals surface area contributed by atoms with Crippen LogP contribution in [-0.2, 0) is 6.54 Å². The van der Waals surface area contributed by atoms with Gasteiger partial charge in [-0.3, -0.25) is 0 Å². The first kappa shape index (κ1) is 14.0. The Morgan fingerprint density at radius 2 is 1.81 bits per heavy atom. The monoisotopic (exact) mass is 341 g/mol. The van der Waals surface area contributed by atoms with Crippen LogP contribution >= 0.6 is 15.9 Å². The van der Waals surface area contributed by atoms with E-state index in [0.717, 1.165) is 28.0 Å². The number of methoxy groups -OCH3 is 1. The molecule has 0 aliphatic carbocycles. The van der Waals surface area contributed by atoms with Gasteiger partial charge in [-0.15, -0.1) is 0 Å². The van der Waals surface area contributed by atoms with Crippen molar-refractivity contribution in [3.8, 4) is 5.75 Å². The lowest BCUT2D eigenvalue weighted by molar-refractivity contribution is 0.410. The average molecular weight is 342 g/mol. The minimum Gasteiger partial charge on any atom is -0.496 e. The van der Waals surface area contributed by atoms with E-state index in [9.17, 15) is 0 Å². The van der Waals surface area contributed by atoms with Gasteiger partial charge in [0.15, 0.2) is 0 Å². The van der Waals surface area contributed by atoms with Crippen molar-refractivity contribution < 1.29 is 4.74 Å². The topological polar surface area (TPSA) is 21.3 Å². The second-order valence-electron chi connectivity index (χ2n) is 4.84. The molecule has 0 unspecified atom stereocenters. The van der Waals surface area contributed by atoms with Gasteiger partial charge in [-0.2, -0.15) is 0 Å². The van der Waals surface area contributed by atoms with Crippen LogP contribution in [0.15, 0.2) is 65.1 Å². The zero-order valence-corrected chi connectivity index (χ0v) is 13.4. The van der Waals surface area contributed by atoms with Crippen LogP contribution < -0.4 is 10.1 Å². The molecule has 0 amide bonds. The molecule has 3 heteroatoms. The Morgan fingerprint density at radius 1 is 1.00 bits per heavy atom. The van der Waals surface area contributed by atoms with Crippen LogP contribution in [0, 0.1) is 0 Å². The lowest BCUT2D eigenvalue weighted by atomic mass is 10.1. The van der Waals surface area contributed by atoms with Gasteiger partial charge in [0, 0.05) is 27.7 Å². The summed E-state index contributed by atoms with van der Waals surface area (Å²) in [6, 6.07) is 20.7. The molecule has 0 heterocycles. The Hall–Kier alpha value is -2.00. The van der Waals surface area contributed by atoms with Crippen LogP contribution in [0.5, 0.6) is 5.75 Å². The minimum atomic E-state index is 0.719. The highest BCUT2D eigenvalue weighted by atomic mass is 79.9. The van der Waals surface area contributed by atoms with Crippen LogP contribution in [0.1, 0.15) is 5.56 Å². The predicted octanol–water partition coefficient (Wildman–Crippen LogP) is 5.22. The van der Waals surface area contributed by atoms with Crippen molar-refractivity contribution in [3.05, 3.63) is 70.7 Å². The third kappa shape index (κ3) is 3.03. The average Bonchev–Trinajstić information content (AvgIpc) is 2.53. The Bertz CT molecular complexity index is 765. The van der Waals surface area contributed by atoms with Crippen LogP contribution in [0.3, 0.4) is 0 Å². The number of rotatable bonds is 4. The lowest BCUT2D eigenvalue weighted by Crippen LogP contribution is -2.02. The third-order valence-electron chi connectivity index (χ3n) is 3.50. The first-order chi connectivity index (χ1) is 10.3. The summed E-state index contributed by atoms with van der Waals surface area (Å²) in [5, 5.41) is 5.98. The maximum absolute atomic E-state index is 5.42. The van der Waals surface area contributed by atoms with E-state index in [0.29, 0.717) is 0 Å². The number of halogens is 1. The summed E-state index contributed by atoms with van der Waals surface area (Å²) in [6.07, 6.45) is 0. The molecule has 0 bridgehead atoms. The van der Waals surface area contributed by atoms with E-state index in [1.165, 1.54) is 10.8 Å². The first-order valence-corrected chi connectivity index (χ1v) is 7.61. The molecule has 0 saturated carbocycles. The molecule has 0 atom stereocenters. The quantitative estimate of drug-likeness (QED) is 0.702. The van der Waals surface area contributed by atoms with Crippen molar-refractivity contribution in [2.24, 2.45) is 0 Å². The fourth-order valence-electron chi connectivity index (χ4n) is 2.46. The smallest absolute Gasteiger partial charge is 0.123 e. The molecular weight excluding hydrogens is 326 g/mol. The summed E-state index contributed by atoms with van der Waals surface area (Å²) in [7, 11) is 1.70. The molecule has 3 rings (SSSR count). The molecule has 0 aliphatic heterocycles. The van der Waals surface area contributed by atoms with Crippen molar-refractivity contribution in [2.45, 2.75) is 6.54 Å². The fraction of sp³-hybridized carbons (Fsp3) is 0.111. The first-order valence-electron chi connectivity index (χ1n) is 6.82. The molecule has 0 saturated heterocycles. The maximum atomic E-state index is 5.42. The Labute approximate surface area is 132 Å². The third-order valence-corrected chi connectivity index (χ3v) is 3.99. The van der Waals surface area contributed by atoms with E-state index in [4.69, 9.17) is 4.74 Å². The molecular formula is C18H16BrNO. The Balaban J connectivity index is 1.89. The number of ether oxygens (including phenoxy) is 1. The van der Waals surface area contributed by atoms with Gasteiger partial charge in [0.05, 0.1) is 7.11 Å². The van der Waals surface area contributed by atoms with Crippen molar-refractivity contribution in [3.63, 3.8) is 0 Å². The molecule has 0 fully saturated rings. The Morgan fingerprint density at radius 3 is 2.67 bits per heavy atom. The SMILES string of the molecule is COc1ccc(Br)cc1CNc1cccc2ccccc12. The molecule has 3 aromatic carbocycles. The molecule has 21 heavy (non-hydrogen) atoms. The van der Waals surface area contributed by atoms with Crippen molar-refractivity contribution >= 4 is 32.4 Å². The van der Waals surface area contributed by atoms with Gasteiger partial charge in [0.1, 0.15) is 5.75 Å². The maximum Gasteiger partial charge on any atom is 0.123 e. The number of nitrogens with one attached hydrogen (secondary N) is 1. The molecule has 3 aromatic rings. The molecule has 0 radical (unpaired) electrons. The van der Waals surface area contributed by atoms with Gasteiger partial charge < -0.3 is 10.1 Å². The van der Waals surface area contributed by atoms with Crippen molar-refractivity contribution in [2.75, 3.05) is 12.4 Å². The van der Waals surface area contributed by atoms with E-state index < -0.39 is 0 Å². The molecule has 0 spiro atoms. The number of anilines is 1. The summed E-state index contributed by atoms with van der Waals surface area (Å²) in [5.41, 5.74) is 2.26. The standard InChI is InChI=1S/C18H16BrNO/c1-21-18-10-9-15(19)11-14(18)12-20-17-8-4-6-13-5-2-3-7-16(13)17/h2-11,20H,12H2,1H3. The van der Waals surface area contributed by atoms with Crippen LogP contribution in [0.25, 0.3) is 10.8 Å². The molecule has 1 N–H and O–H groups in total. The van der Waals surface area contributed by atoms with E-state index in [1.807, 2.05) is 12.1 Å². The highest BCUT2D eigenvalue weighted by molar-refractivity contribution is 9.10. The number of hydrogen-bond donors (Lipinski definition) is 1. The van der Waals surface area contributed by atoms with Gasteiger partial charge >= 0.3 is 0 Å². The van der Waals surface area contributed by atoms with Gasteiger partial charge in [0.2, 0.25) is 0 Å². The number of benzene rings is 3. The predicted molar refractivity (Wildman–Crippen MR) is 92.0 cm³/mol.